The standard InChI is InChI=1S/C18H27NO2/c1-12(13-7-5-4-6-8-13)19-11-18(21)10-15-14(9-16(18)20)17(15,2)3/h4-8,12,14-16,19-21H,9-11H2,1-3H3/t12-,14-,15+,16-,18-/m1/s1. The molecule has 1 aromatic rings. The lowest BCUT2D eigenvalue weighted by atomic mass is 9.82. The van der Waals surface area contributed by atoms with Crippen molar-refractivity contribution in [3.05, 3.63) is 35.9 Å². The molecule has 0 unspecified atom stereocenters. The van der Waals surface area contributed by atoms with E-state index >= 15 is 0 Å². The molecule has 116 valence electrons. The number of hydrogen-bond donors (Lipinski definition) is 3. The van der Waals surface area contributed by atoms with Gasteiger partial charge in [0.15, 0.2) is 0 Å². The molecule has 3 rings (SSSR count). The Morgan fingerprint density at radius 2 is 1.90 bits per heavy atom. The van der Waals surface area contributed by atoms with E-state index in [1.807, 2.05) is 18.2 Å². The van der Waals surface area contributed by atoms with Crippen LogP contribution >= 0.6 is 0 Å². The van der Waals surface area contributed by atoms with Gasteiger partial charge in [-0.05, 0) is 42.6 Å². The van der Waals surface area contributed by atoms with Gasteiger partial charge in [0.25, 0.3) is 0 Å². The summed E-state index contributed by atoms with van der Waals surface area (Å²) in [7, 11) is 0. The van der Waals surface area contributed by atoms with Gasteiger partial charge in [-0.3, -0.25) is 0 Å². The Morgan fingerprint density at radius 3 is 2.57 bits per heavy atom. The van der Waals surface area contributed by atoms with Gasteiger partial charge in [-0.25, -0.2) is 0 Å². The van der Waals surface area contributed by atoms with Gasteiger partial charge in [0.2, 0.25) is 0 Å². The zero-order valence-corrected chi connectivity index (χ0v) is 13.2. The van der Waals surface area contributed by atoms with E-state index in [9.17, 15) is 10.2 Å². The Morgan fingerprint density at radius 1 is 1.24 bits per heavy atom. The molecule has 5 atom stereocenters. The first-order valence-electron chi connectivity index (χ1n) is 8.03. The van der Waals surface area contributed by atoms with Crippen molar-refractivity contribution in [2.45, 2.75) is 51.4 Å². The normalized spacial score (nSPS) is 38.6. The molecule has 0 aromatic heterocycles. The molecule has 2 saturated carbocycles. The largest absolute Gasteiger partial charge is 0.390 e. The summed E-state index contributed by atoms with van der Waals surface area (Å²) in [5, 5.41) is 24.6. The summed E-state index contributed by atoms with van der Waals surface area (Å²) in [6.45, 7) is 7.04. The molecule has 2 fully saturated rings. The summed E-state index contributed by atoms with van der Waals surface area (Å²) in [5.74, 6) is 1.14. The van der Waals surface area contributed by atoms with Crippen molar-refractivity contribution in [2.24, 2.45) is 17.3 Å². The first-order valence-corrected chi connectivity index (χ1v) is 8.03. The Balaban J connectivity index is 1.62. The highest BCUT2D eigenvalue weighted by Gasteiger charge is 2.64. The van der Waals surface area contributed by atoms with Crippen molar-refractivity contribution >= 4 is 0 Å². The first-order chi connectivity index (χ1) is 9.84. The highest BCUT2D eigenvalue weighted by molar-refractivity contribution is 5.19. The molecule has 0 spiro atoms. The number of fused-ring (bicyclic) bond motifs is 1. The monoisotopic (exact) mass is 289 g/mol. The molecule has 3 heteroatoms. The van der Waals surface area contributed by atoms with Crippen molar-refractivity contribution in [3.63, 3.8) is 0 Å². The lowest BCUT2D eigenvalue weighted by molar-refractivity contribution is -0.101. The number of benzene rings is 1. The smallest absolute Gasteiger partial charge is 0.103 e. The molecule has 3 nitrogen and oxygen atoms in total. The second-order valence-corrected chi connectivity index (χ2v) is 7.61. The fourth-order valence-corrected chi connectivity index (χ4v) is 4.09. The van der Waals surface area contributed by atoms with Crippen LogP contribution in [0.2, 0.25) is 0 Å². The number of rotatable bonds is 4. The number of nitrogens with one attached hydrogen (secondary N) is 1. The lowest BCUT2D eigenvalue weighted by Crippen LogP contribution is -2.52. The molecule has 3 N–H and O–H groups in total. The van der Waals surface area contributed by atoms with E-state index in [0.29, 0.717) is 24.8 Å². The molecule has 21 heavy (non-hydrogen) atoms. The zero-order chi connectivity index (χ0) is 15.3. The maximum Gasteiger partial charge on any atom is 0.103 e. The van der Waals surface area contributed by atoms with Crippen molar-refractivity contribution in [1.82, 2.24) is 5.32 Å². The number of hydrogen-bond acceptors (Lipinski definition) is 3. The van der Waals surface area contributed by atoms with Gasteiger partial charge < -0.3 is 15.5 Å². The number of aliphatic hydroxyl groups excluding tert-OH is 1. The highest BCUT2D eigenvalue weighted by Crippen LogP contribution is 2.66. The van der Waals surface area contributed by atoms with E-state index in [1.165, 1.54) is 5.56 Å². The topological polar surface area (TPSA) is 52.5 Å². The molecule has 0 heterocycles. The molecule has 0 bridgehead atoms. The summed E-state index contributed by atoms with van der Waals surface area (Å²) >= 11 is 0. The molecule has 0 radical (unpaired) electrons. The second kappa shape index (κ2) is 5.08. The molecule has 2 aliphatic rings. The molecule has 0 aliphatic heterocycles. The van der Waals surface area contributed by atoms with Crippen LogP contribution in [0.4, 0.5) is 0 Å². The maximum absolute atomic E-state index is 10.9. The van der Waals surface area contributed by atoms with E-state index in [-0.39, 0.29) is 11.5 Å². The highest BCUT2D eigenvalue weighted by atomic mass is 16.3. The van der Waals surface area contributed by atoms with Crippen LogP contribution < -0.4 is 5.32 Å². The predicted molar refractivity (Wildman–Crippen MR) is 83.8 cm³/mol. The fourth-order valence-electron chi connectivity index (χ4n) is 4.09. The molecular formula is C18H27NO2. The summed E-state index contributed by atoms with van der Waals surface area (Å²) in [4.78, 5) is 0. The van der Waals surface area contributed by atoms with Crippen LogP contribution in [0.3, 0.4) is 0 Å². The van der Waals surface area contributed by atoms with Crippen LogP contribution in [0, 0.1) is 17.3 Å². The predicted octanol–water partition coefficient (Wildman–Crippen LogP) is 2.50. The minimum absolute atomic E-state index is 0.173. The van der Waals surface area contributed by atoms with Crippen LogP contribution in [0.1, 0.15) is 45.2 Å². The van der Waals surface area contributed by atoms with Gasteiger partial charge in [0.1, 0.15) is 5.60 Å². The van der Waals surface area contributed by atoms with Crippen LogP contribution in [0.25, 0.3) is 0 Å². The van der Waals surface area contributed by atoms with Crippen LogP contribution in [-0.4, -0.2) is 28.5 Å². The van der Waals surface area contributed by atoms with E-state index in [1.54, 1.807) is 0 Å². The Kier molecular flexibility index (Phi) is 3.63. The van der Waals surface area contributed by atoms with Gasteiger partial charge in [-0.2, -0.15) is 0 Å². The molecule has 1 aromatic carbocycles. The summed E-state index contributed by atoms with van der Waals surface area (Å²) in [6.07, 6.45) is 0.826. The SMILES string of the molecule is C[C@@H](NC[C@]1(O)C[C@H]2[C@@H](C[C@H]1O)C2(C)C)c1ccccc1. The van der Waals surface area contributed by atoms with Crippen LogP contribution in [0.5, 0.6) is 0 Å². The van der Waals surface area contributed by atoms with Crippen molar-refractivity contribution < 1.29 is 10.2 Å². The Bertz CT molecular complexity index is 501. The summed E-state index contributed by atoms with van der Waals surface area (Å²) in [6, 6.07) is 10.4. The van der Waals surface area contributed by atoms with Crippen molar-refractivity contribution in [1.29, 1.82) is 0 Å². The molecule has 2 aliphatic carbocycles. The van der Waals surface area contributed by atoms with Gasteiger partial charge >= 0.3 is 0 Å². The zero-order valence-electron chi connectivity index (χ0n) is 13.2. The van der Waals surface area contributed by atoms with Crippen LogP contribution in [0.15, 0.2) is 30.3 Å². The molecular weight excluding hydrogens is 262 g/mol. The Hall–Kier alpha value is -0.900. The quantitative estimate of drug-likeness (QED) is 0.798. The molecule has 0 saturated heterocycles. The lowest BCUT2D eigenvalue weighted by Gasteiger charge is -2.37. The summed E-state index contributed by atoms with van der Waals surface area (Å²) in [5.41, 5.74) is 0.505. The van der Waals surface area contributed by atoms with Crippen LogP contribution in [-0.2, 0) is 0 Å². The first kappa shape index (κ1) is 15.0. The van der Waals surface area contributed by atoms with E-state index in [2.05, 4.69) is 38.2 Å². The fraction of sp³-hybridized carbons (Fsp3) is 0.667. The van der Waals surface area contributed by atoms with E-state index < -0.39 is 11.7 Å². The second-order valence-electron chi connectivity index (χ2n) is 7.61. The maximum atomic E-state index is 10.9. The van der Waals surface area contributed by atoms with Gasteiger partial charge in [-0.15, -0.1) is 0 Å². The summed E-state index contributed by atoms with van der Waals surface area (Å²) < 4.78 is 0. The third-order valence-electron chi connectivity index (χ3n) is 5.97. The molecule has 0 amide bonds. The van der Waals surface area contributed by atoms with Gasteiger partial charge in [0, 0.05) is 12.6 Å². The minimum Gasteiger partial charge on any atom is -0.390 e. The van der Waals surface area contributed by atoms with Gasteiger partial charge in [0.05, 0.1) is 6.10 Å². The van der Waals surface area contributed by atoms with Gasteiger partial charge in [-0.1, -0.05) is 44.2 Å². The van der Waals surface area contributed by atoms with Crippen molar-refractivity contribution in [2.75, 3.05) is 6.54 Å². The van der Waals surface area contributed by atoms with E-state index in [4.69, 9.17) is 0 Å². The average molecular weight is 289 g/mol. The Labute approximate surface area is 127 Å². The minimum atomic E-state index is -0.988. The van der Waals surface area contributed by atoms with Crippen molar-refractivity contribution in [3.8, 4) is 0 Å². The third kappa shape index (κ3) is 2.63. The average Bonchev–Trinajstić information content (AvgIpc) is 2.98. The van der Waals surface area contributed by atoms with E-state index in [0.717, 1.165) is 6.42 Å². The third-order valence-corrected chi connectivity index (χ3v) is 5.97. The number of aliphatic hydroxyl groups is 2.